The van der Waals surface area contributed by atoms with E-state index in [9.17, 15) is 0 Å². The molecule has 1 aromatic carbocycles. The Morgan fingerprint density at radius 3 is 1.27 bits per heavy atom. The molecule has 2 fully saturated rings. The van der Waals surface area contributed by atoms with Crippen LogP contribution in [-0.4, -0.2) is 61.3 Å². The quantitative estimate of drug-likeness (QED) is 0.536. The minimum atomic E-state index is 0.795. The Labute approximate surface area is 183 Å². The van der Waals surface area contributed by atoms with Crippen molar-refractivity contribution in [3.05, 3.63) is 35.4 Å². The summed E-state index contributed by atoms with van der Waals surface area (Å²) in [5.74, 6) is 19.2. The summed E-state index contributed by atoms with van der Waals surface area (Å²) in [5.41, 5.74) is 2.09. The topological polar surface area (TPSA) is 0 Å². The number of nitrogens with zero attached hydrogens (tertiary/aromatic N) is 2. The highest BCUT2D eigenvalue weighted by Gasteiger charge is 2.28. The molecule has 2 heteroatoms. The van der Waals surface area contributed by atoms with E-state index in [1.807, 2.05) is 0 Å². The first-order valence-electron chi connectivity index (χ1n) is 11.3. The van der Waals surface area contributed by atoms with E-state index in [0.29, 0.717) is 0 Å². The van der Waals surface area contributed by atoms with Gasteiger partial charge in [-0.3, -0.25) is 0 Å². The molecule has 2 aliphatic heterocycles. The summed E-state index contributed by atoms with van der Waals surface area (Å²) in [4.78, 5) is 0. The first-order valence-corrected chi connectivity index (χ1v) is 11.3. The minimum Gasteiger partial charge on any atom is -0.303 e. The van der Waals surface area contributed by atoms with Crippen LogP contribution in [-0.2, 0) is 0 Å². The van der Waals surface area contributed by atoms with Gasteiger partial charge in [-0.05, 0) is 86.5 Å². The van der Waals surface area contributed by atoms with Crippen molar-refractivity contribution in [3.8, 4) is 48.4 Å². The molecule has 0 unspecified atom stereocenters. The molecule has 0 spiro atoms. The Bertz CT molecular complexity index is 813. The van der Waals surface area contributed by atoms with Crippen LogP contribution in [0, 0.1) is 48.4 Å². The fourth-order valence-corrected chi connectivity index (χ4v) is 4.75. The van der Waals surface area contributed by atoms with Crippen LogP contribution in [0.4, 0.5) is 0 Å². The molecule has 2 nitrogen and oxygen atoms in total. The highest BCUT2D eigenvalue weighted by atomic mass is 15.4. The van der Waals surface area contributed by atoms with E-state index in [1.54, 1.807) is 0 Å². The van der Waals surface area contributed by atoms with E-state index >= 15 is 0 Å². The highest BCUT2D eigenvalue weighted by Crippen LogP contribution is 2.19. The largest absolute Gasteiger partial charge is 0.303 e. The Kier molecular flexibility index (Phi) is 8.06. The third-order valence-corrected chi connectivity index (χ3v) is 6.56. The van der Waals surface area contributed by atoms with Crippen LogP contribution in [0.5, 0.6) is 0 Å². The molecule has 0 bridgehead atoms. The predicted molar refractivity (Wildman–Crippen MR) is 125 cm³/mol. The van der Waals surface area contributed by atoms with Crippen LogP contribution in [0.1, 0.15) is 49.7 Å². The summed E-state index contributed by atoms with van der Waals surface area (Å²) in [7, 11) is 0. The molecule has 30 heavy (non-hydrogen) atoms. The lowest BCUT2D eigenvalue weighted by atomic mass is 10.1. The lowest BCUT2D eigenvalue weighted by Gasteiger charge is -2.38. The van der Waals surface area contributed by atoms with Crippen molar-refractivity contribution in [2.75, 3.05) is 52.4 Å². The molecule has 2 saturated heterocycles. The maximum absolute atomic E-state index is 5.62. The van der Waals surface area contributed by atoms with Crippen LogP contribution in [0.2, 0.25) is 0 Å². The van der Waals surface area contributed by atoms with Crippen LogP contribution < -0.4 is 0 Å². The number of benzene rings is 1. The van der Waals surface area contributed by atoms with Crippen LogP contribution in [0.15, 0.2) is 24.3 Å². The molecule has 1 aromatic rings. The molecule has 0 N–H and O–H groups in total. The number of likely N-dealkylation sites (tertiary alicyclic amines) is 2. The van der Waals surface area contributed by atoms with Crippen molar-refractivity contribution >= 4 is 0 Å². The number of piperidine rings is 2. The summed E-state index contributed by atoms with van der Waals surface area (Å²) < 4.78 is 1.93. The van der Waals surface area contributed by atoms with Gasteiger partial charge in [-0.15, -0.1) is 12.8 Å². The predicted octanol–water partition coefficient (Wildman–Crippen LogP) is 3.66. The zero-order valence-corrected chi connectivity index (χ0v) is 18.3. The second-order valence-corrected chi connectivity index (χ2v) is 8.92. The van der Waals surface area contributed by atoms with Crippen molar-refractivity contribution in [2.45, 2.75) is 38.5 Å². The van der Waals surface area contributed by atoms with Gasteiger partial charge in [-0.2, -0.15) is 0 Å². The standard InChI is InChI=1S/C28H34N2/c1-3-19-29(21-7-5-8-22-29)25-11-13-27-15-17-28(18-16-27)14-12-26-30(20-4-2)23-9-6-10-24-30/h1-2,15-18H,5-10,19-26H2/q+2. The zero-order valence-electron chi connectivity index (χ0n) is 18.3. The fraction of sp³-hybridized carbons (Fsp3) is 0.500. The lowest BCUT2D eigenvalue weighted by molar-refractivity contribution is -0.919. The maximum Gasteiger partial charge on any atom is 0.142 e. The Hall–Kier alpha value is -2.62. The third-order valence-electron chi connectivity index (χ3n) is 6.56. The molecule has 0 aliphatic carbocycles. The molecular formula is C28H34N2+2. The van der Waals surface area contributed by atoms with Crippen molar-refractivity contribution in [2.24, 2.45) is 0 Å². The molecule has 0 radical (unpaired) electrons. The molecule has 0 amide bonds. The number of terminal acetylenes is 2. The average molecular weight is 399 g/mol. The maximum atomic E-state index is 5.62. The fourth-order valence-electron chi connectivity index (χ4n) is 4.75. The van der Waals surface area contributed by atoms with Gasteiger partial charge in [0.05, 0.1) is 26.2 Å². The summed E-state index contributed by atoms with van der Waals surface area (Å²) in [6.45, 7) is 7.92. The number of hydrogen-bond donors (Lipinski definition) is 0. The van der Waals surface area contributed by atoms with E-state index in [4.69, 9.17) is 12.8 Å². The SMILES string of the molecule is C#CC[N+]1(CC#Cc2ccc(C#CC[N+]3(CC#C)CCCCC3)cc2)CCCCC1. The first kappa shape index (κ1) is 22.1. The van der Waals surface area contributed by atoms with Crippen LogP contribution in [0.3, 0.4) is 0 Å². The molecule has 3 rings (SSSR count). The van der Waals surface area contributed by atoms with Gasteiger partial charge in [0, 0.05) is 11.1 Å². The highest BCUT2D eigenvalue weighted by molar-refractivity contribution is 5.42. The van der Waals surface area contributed by atoms with E-state index in [1.165, 1.54) is 38.5 Å². The molecule has 154 valence electrons. The van der Waals surface area contributed by atoms with Gasteiger partial charge in [0.25, 0.3) is 0 Å². The van der Waals surface area contributed by atoms with E-state index in [2.05, 4.69) is 59.8 Å². The van der Waals surface area contributed by atoms with Gasteiger partial charge in [-0.25, -0.2) is 0 Å². The number of quaternary nitrogens is 2. The molecule has 2 aliphatic rings. The van der Waals surface area contributed by atoms with E-state index in [0.717, 1.165) is 72.5 Å². The van der Waals surface area contributed by atoms with E-state index < -0.39 is 0 Å². The summed E-state index contributed by atoms with van der Waals surface area (Å²) in [6, 6.07) is 8.30. The third kappa shape index (κ3) is 6.19. The molecular weight excluding hydrogens is 364 g/mol. The normalized spacial score (nSPS) is 19.1. The van der Waals surface area contributed by atoms with Gasteiger partial charge in [0.1, 0.15) is 26.2 Å². The number of rotatable bonds is 4. The van der Waals surface area contributed by atoms with Crippen LogP contribution in [0.25, 0.3) is 0 Å². The van der Waals surface area contributed by atoms with Gasteiger partial charge >= 0.3 is 0 Å². The van der Waals surface area contributed by atoms with Crippen LogP contribution >= 0.6 is 0 Å². The second kappa shape index (κ2) is 11.0. The average Bonchev–Trinajstić information content (AvgIpc) is 2.77. The van der Waals surface area contributed by atoms with Gasteiger partial charge in [0.2, 0.25) is 0 Å². The summed E-state index contributed by atoms with van der Waals surface area (Å²) in [5, 5.41) is 0. The molecule has 0 aromatic heterocycles. The monoisotopic (exact) mass is 398 g/mol. The Morgan fingerprint density at radius 2 is 0.933 bits per heavy atom. The van der Waals surface area contributed by atoms with Crippen molar-refractivity contribution < 1.29 is 8.97 Å². The van der Waals surface area contributed by atoms with E-state index in [-0.39, 0.29) is 0 Å². The lowest BCUT2D eigenvalue weighted by Crippen LogP contribution is -2.51. The van der Waals surface area contributed by atoms with Crippen molar-refractivity contribution in [1.82, 2.24) is 0 Å². The minimum absolute atomic E-state index is 0.795. The Morgan fingerprint density at radius 1 is 0.567 bits per heavy atom. The second-order valence-electron chi connectivity index (χ2n) is 8.92. The molecule has 0 saturated carbocycles. The smallest absolute Gasteiger partial charge is 0.142 e. The van der Waals surface area contributed by atoms with Crippen molar-refractivity contribution in [3.63, 3.8) is 0 Å². The van der Waals surface area contributed by atoms with Gasteiger partial charge in [0.15, 0.2) is 0 Å². The Balaban J connectivity index is 1.58. The zero-order chi connectivity index (χ0) is 21.1. The molecule has 0 atom stereocenters. The van der Waals surface area contributed by atoms with Crippen molar-refractivity contribution in [1.29, 1.82) is 0 Å². The van der Waals surface area contributed by atoms with Gasteiger partial charge < -0.3 is 8.97 Å². The number of hydrogen-bond acceptors (Lipinski definition) is 0. The van der Waals surface area contributed by atoms with Gasteiger partial charge in [-0.1, -0.05) is 11.8 Å². The summed E-state index contributed by atoms with van der Waals surface area (Å²) in [6.07, 6.45) is 18.9. The molecule has 2 heterocycles. The first-order chi connectivity index (χ1) is 14.7. The summed E-state index contributed by atoms with van der Waals surface area (Å²) >= 11 is 0.